The molecule has 0 heterocycles. The lowest BCUT2D eigenvalue weighted by atomic mass is 9.91. The lowest BCUT2D eigenvalue weighted by Gasteiger charge is -2.23. The summed E-state index contributed by atoms with van der Waals surface area (Å²) in [5.41, 5.74) is 6.23. The Kier molecular flexibility index (Phi) is 4.58. The highest BCUT2D eigenvalue weighted by Gasteiger charge is 2.24. The summed E-state index contributed by atoms with van der Waals surface area (Å²) in [6.07, 6.45) is 0.814. The van der Waals surface area contributed by atoms with Crippen molar-refractivity contribution in [3.8, 4) is 0 Å². The molecule has 0 fully saturated rings. The zero-order valence-electron chi connectivity index (χ0n) is 11.7. The van der Waals surface area contributed by atoms with Gasteiger partial charge in [-0.3, -0.25) is 0 Å². The third-order valence-electron chi connectivity index (χ3n) is 3.31. The summed E-state index contributed by atoms with van der Waals surface area (Å²) >= 11 is 0. The first-order valence-electron chi connectivity index (χ1n) is 6.14. The Morgan fingerprint density at radius 3 is 2.47 bits per heavy atom. The van der Waals surface area contributed by atoms with Crippen LogP contribution >= 0.6 is 0 Å². The quantitative estimate of drug-likeness (QED) is 0.817. The highest BCUT2D eigenvalue weighted by Crippen LogP contribution is 2.23. The molecule has 4 nitrogen and oxygen atoms in total. The van der Waals surface area contributed by atoms with Crippen molar-refractivity contribution in [1.82, 2.24) is 4.72 Å². The predicted octanol–water partition coefficient (Wildman–Crippen LogP) is 2.43. The van der Waals surface area contributed by atoms with E-state index in [1.54, 1.807) is 6.92 Å². The summed E-state index contributed by atoms with van der Waals surface area (Å²) in [4.78, 5) is -0.400. The third kappa shape index (κ3) is 3.91. The molecular formula is C13H21FN2O2S. The molecule has 108 valence electrons. The van der Waals surface area contributed by atoms with Crippen molar-refractivity contribution in [2.75, 3.05) is 12.3 Å². The second kappa shape index (κ2) is 5.46. The number of hydrogen-bond donors (Lipinski definition) is 2. The van der Waals surface area contributed by atoms with Gasteiger partial charge in [-0.25, -0.2) is 17.5 Å². The van der Waals surface area contributed by atoms with Gasteiger partial charge in [0.05, 0.1) is 0 Å². The van der Waals surface area contributed by atoms with Crippen molar-refractivity contribution >= 4 is 15.7 Å². The van der Waals surface area contributed by atoms with Crippen molar-refractivity contribution in [1.29, 1.82) is 0 Å². The first-order chi connectivity index (χ1) is 8.59. The second-order valence-corrected chi connectivity index (χ2v) is 7.22. The van der Waals surface area contributed by atoms with E-state index >= 15 is 0 Å². The number of anilines is 1. The number of halogens is 1. The van der Waals surface area contributed by atoms with Crippen LogP contribution in [0.4, 0.5) is 10.1 Å². The molecule has 0 aliphatic heterocycles. The Morgan fingerprint density at radius 2 is 1.95 bits per heavy atom. The minimum atomic E-state index is -3.88. The molecule has 0 aliphatic carbocycles. The van der Waals surface area contributed by atoms with Crippen molar-refractivity contribution in [3.05, 3.63) is 23.5 Å². The van der Waals surface area contributed by atoms with E-state index in [4.69, 9.17) is 5.73 Å². The van der Waals surface area contributed by atoms with E-state index in [9.17, 15) is 12.8 Å². The third-order valence-corrected chi connectivity index (χ3v) is 4.72. The first kappa shape index (κ1) is 15.9. The zero-order chi connectivity index (χ0) is 14.8. The molecule has 0 saturated heterocycles. The summed E-state index contributed by atoms with van der Waals surface area (Å²) in [5.74, 6) is -0.784. The molecule has 0 aliphatic rings. The average molecular weight is 288 g/mol. The van der Waals surface area contributed by atoms with Crippen LogP contribution in [-0.2, 0) is 10.0 Å². The Labute approximate surface area is 114 Å². The Morgan fingerprint density at radius 1 is 1.37 bits per heavy atom. The summed E-state index contributed by atoms with van der Waals surface area (Å²) < 4.78 is 40.3. The summed E-state index contributed by atoms with van der Waals surface area (Å²) in [6.45, 7) is 7.73. The Balaban J connectivity index is 3.05. The van der Waals surface area contributed by atoms with Crippen LogP contribution in [0.1, 0.15) is 32.8 Å². The van der Waals surface area contributed by atoms with Gasteiger partial charge in [0.15, 0.2) is 0 Å². The van der Waals surface area contributed by atoms with Gasteiger partial charge < -0.3 is 5.73 Å². The molecule has 1 aromatic carbocycles. The Hall–Kier alpha value is -1.14. The van der Waals surface area contributed by atoms with Crippen molar-refractivity contribution in [3.63, 3.8) is 0 Å². The Bertz CT molecular complexity index is 568. The summed E-state index contributed by atoms with van der Waals surface area (Å²) in [7, 11) is -3.88. The molecule has 3 N–H and O–H groups in total. The van der Waals surface area contributed by atoms with E-state index in [0.717, 1.165) is 18.6 Å². The standard InChI is InChI=1S/C13H21FN2O2S/c1-5-13(3,4)8-16-19(17,18)12-7-11(15)9(2)6-10(12)14/h6-7,16H,5,8,15H2,1-4H3. The van der Waals surface area contributed by atoms with E-state index in [1.807, 2.05) is 20.8 Å². The van der Waals surface area contributed by atoms with E-state index in [1.165, 1.54) is 0 Å². The van der Waals surface area contributed by atoms with Crippen LogP contribution in [0.3, 0.4) is 0 Å². The lowest BCUT2D eigenvalue weighted by molar-refractivity contribution is 0.350. The zero-order valence-corrected chi connectivity index (χ0v) is 12.6. The fraction of sp³-hybridized carbons (Fsp3) is 0.538. The maximum absolute atomic E-state index is 13.8. The molecule has 0 saturated carbocycles. The number of rotatable bonds is 5. The molecule has 0 amide bonds. The lowest BCUT2D eigenvalue weighted by Crippen LogP contribution is -2.34. The van der Waals surface area contributed by atoms with Gasteiger partial charge >= 0.3 is 0 Å². The van der Waals surface area contributed by atoms with Crippen LogP contribution in [0.25, 0.3) is 0 Å². The smallest absolute Gasteiger partial charge is 0.243 e. The molecule has 0 bridgehead atoms. The van der Waals surface area contributed by atoms with Crippen molar-refractivity contribution in [2.45, 2.75) is 39.0 Å². The molecule has 19 heavy (non-hydrogen) atoms. The molecule has 0 aromatic heterocycles. The number of nitrogens with one attached hydrogen (secondary N) is 1. The number of nitrogens with two attached hydrogens (primary N) is 1. The first-order valence-corrected chi connectivity index (χ1v) is 7.62. The SMILES string of the molecule is CCC(C)(C)CNS(=O)(=O)c1cc(N)c(C)cc1F. The minimum Gasteiger partial charge on any atom is -0.398 e. The number of aryl methyl sites for hydroxylation is 1. The van der Waals surface area contributed by atoms with Gasteiger partial charge in [-0.2, -0.15) is 0 Å². The maximum Gasteiger partial charge on any atom is 0.243 e. The number of nitrogen functional groups attached to an aromatic ring is 1. The largest absolute Gasteiger partial charge is 0.398 e. The van der Waals surface area contributed by atoms with Gasteiger partial charge in [0.1, 0.15) is 10.7 Å². The molecule has 0 atom stereocenters. The summed E-state index contributed by atoms with van der Waals surface area (Å²) in [5, 5.41) is 0. The van der Waals surface area contributed by atoms with Crippen LogP contribution in [0.2, 0.25) is 0 Å². The number of sulfonamides is 1. The molecule has 0 unspecified atom stereocenters. The van der Waals surface area contributed by atoms with E-state index in [-0.39, 0.29) is 17.6 Å². The van der Waals surface area contributed by atoms with Gasteiger partial charge in [-0.15, -0.1) is 0 Å². The van der Waals surface area contributed by atoms with Crippen molar-refractivity contribution < 1.29 is 12.8 Å². The van der Waals surface area contributed by atoms with Gasteiger partial charge in [-0.05, 0) is 36.5 Å². The molecule has 1 aromatic rings. The van der Waals surface area contributed by atoms with Crippen LogP contribution in [-0.4, -0.2) is 15.0 Å². The van der Waals surface area contributed by atoms with E-state index in [0.29, 0.717) is 5.56 Å². The minimum absolute atomic E-state index is 0.181. The van der Waals surface area contributed by atoms with Gasteiger partial charge in [0.2, 0.25) is 10.0 Å². The fourth-order valence-corrected chi connectivity index (χ4v) is 2.70. The number of hydrogen-bond acceptors (Lipinski definition) is 3. The van der Waals surface area contributed by atoms with Crippen molar-refractivity contribution in [2.24, 2.45) is 5.41 Å². The van der Waals surface area contributed by atoms with Gasteiger partial charge in [-0.1, -0.05) is 20.8 Å². The topological polar surface area (TPSA) is 72.2 Å². The summed E-state index contributed by atoms with van der Waals surface area (Å²) in [6, 6.07) is 2.29. The van der Waals surface area contributed by atoms with Gasteiger partial charge in [0, 0.05) is 12.2 Å². The second-order valence-electron chi connectivity index (χ2n) is 5.48. The van der Waals surface area contributed by atoms with Gasteiger partial charge in [0.25, 0.3) is 0 Å². The number of benzene rings is 1. The molecular weight excluding hydrogens is 267 g/mol. The predicted molar refractivity (Wildman–Crippen MR) is 74.8 cm³/mol. The average Bonchev–Trinajstić information content (AvgIpc) is 2.31. The maximum atomic E-state index is 13.8. The van der Waals surface area contributed by atoms with Crippen LogP contribution < -0.4 is 10.5 Å². The van der Waals surface area contributed by atoms with Crippen LogP contribution in [0.5, 0.6) is 0 Å². The van der Waals surface area contributed by atoms with Crippen LogP contribution in [0.15, 0.2) is 17.0 Å². The van der Waals surface area contributed by atoms with Crippen LogP contribution in [0, 0.1) is 18.2 Å². The van der Waals surface area contributed by atoms with E-state index < -0.39 is 20.7 Å². The fourth-order valence-electron chi connectivity index (χ4n) is 1.37. The van der Waals surface area contributed by atoms with E-state index in [2.05, 4.69) is 4.72 Å². The monoisotopic (exact) mass is 288 g/mol. The highest BCUT2D eigenvalue weighted by molar-refractivity contribution is 7.89. The molecule has 6 heteroatoms. The molecule has 1 rings (SSSR count). The highest BCUT2D eigenvalue weighted by atomic mass is 32.2. The molecule has 0 radical (unpaired) electrons. The molecule has 0 spiro atoms. The normalized spacial score (nSPS) is 12.7.